The van der Waals surface area contributed by atoms with Crippen molar-refractivity contribution in [1.82, 2.24) is 5.32 Å². The summed E-state index contributed by atoms with van der Waals surface area (Å²) in [6.07, 6.45) is 8.51. The maximum atomic E-state index is 12.3. The Morgan fingerprint density at radius 2 is 2.05 bits per heavy atom. The van der Waals surface area contributed by atoms with Crippen LogP contribution in [0.5, 0.6) is 0 Å². The molecular weight excluding hydrogens is 334 g/mol. The highest BCUT2D eigenvalue weighted by Crippen LogP contribution is 2.38. The summed E-state index contributed by atoms with van der Waals surface area (Å²) in [5.74, 6) is 0.0413. The molecule has 1 fully saturated rings. The highest BCUT2D eigenvalue weighted by atomic mass is 79.9. The molecule has 0 aromatic heterocycles. The summed E-state index contributed by atoms with van der Waals surface area (Å²) in [6, 6.07) is 5.75. The van der Waals surface area contributed by atoms with Gasteiger partial charge in [0.25, 0.3) is 5.91 Å². The van der Waals surface area contributed by atoms with Crippen LogP contribution in [0, 0.1) is 6.92 Å². The van der Waals surface area contributed by atoms with E-state index in [-0.39, 0.29) is 10.7 Å². The Labute approximate surface area is 134 Å². The van der Waals surface area contributed by atoms with Gasteiger partial charge in [-0.25, -0.2) is 0 Å². The summed E-state index contributed by atoms with van der Waals surface area (Å²) >= 11 is 5.38. The van der Waals surface area contributed by atoms with Gasteiger partial charge in [0.05, 0.1) is 0 Å². The molecule has 1 N–H and O–H groups in total. The average molecular weight is 356 g/mol. The van der Waals surface area contributed by atoms with Crippen molar-refractivity contribution in [2.45, 2.75) is 43.8 Å². The van der Waals surface area contributed by atoms with Crippen LogP contribution in [0.4, 0.5) is 0 Å². The number of aryl methyl sites for hydroxylation is 1. The molecule has 1 aromatic rings. The van der Waals surface area contributed by atoms with Crippen LogP contribution in [0.1, 0.15) is 48.0 Å². The zero-order valence-electron chi connectivity index (χ0n) is 12.2. The predicted octanol–water partition coefficient (Wildman–Crippen LogP) is 4.55. The maximum absolute atomic E-state index is 12.3. The zero-order chi connectivity index (χ0) is 14.6. The molecule has 20 heavy (non-hydrogen) atoms. The van der Waals surface area contributed by atoms with Crippen molar-refractivity contribution in [3.05, 3.63) is 33.8 Å². The van der Waals surface area contributed by atoms with E-state index in [4.69, 9.17) is 0 Å². The van der Waals surface area contributed by atoms with E-state index in [2.05, 4.69) is 27.5 Å². The van der Waals surface area contributed by atoms with Gasteiger partial charge in [-0.05, 0) is 49.8 Å². The molecule has 1 amide bonds. The third-order valence-corrected chi connectivity index (χ3v) is 6.50. The lowest BCUT2D eigenvalue weighted by Gasteiger charge is -2.35. The molecule has 0 radical (unpaired) electrons. The highest BCUT2D eigenvalue weighted by molar-refractivity contribution is 9.10. The second-order valence-electron chi connectivity index (χ2n) is 5.59. The van der Waals surface area contributed by atoms with E-state index < -0.39 is 0 Å². The SMILES string of the molecule is CSC1(CNC(=O)c2ccc(Br)c(C)c2)CCCCC1. The van der Waals surface area contributed by atoms with Crippen molar-refractivity contribution in [1.29, 1.82) is 0 Å². The number of carbonyl (C=O) groups excluding carboxylic acids is 1. The monoisotopic (exact) mass is 355 g/mol. The topological polar surface area (TPSA) is 29.1 Å². The van der Waals surface area contributed by atoms with Crippen molar-refractivity contribution in [3.63, 3.8) is 0 Å². The third kappa shape index (κ3) is 3.79. The van der Waals surface area contributed by atoms with Crippen LogP contribution < -0.4 is 5.32 Å². The second kappa shape index (κ2) is 6.99. The van der Waals surface area contributed by atoms with Gasteiger partial charge in [0.15, 0.2) is 0 Å². The first-order valence-corrected chi connectivity index (χ1v) is 9.18. The van der Waals surface area contributed by atoms with Gasteiger partial charge in [-0.2, -0.15) is 11.8 Å². The molecule has 1 aromatic carbocycles. The van der Waals surface area contributed by atoms with Gasteiger partial charge in [0.1, 0.15) is 0 Å². The van der Waals surface area contributed by atoms with Gasteiger partial charge in [0, 0.05) is 21.3 Å². The fraction of sp³-hybridized carbons (Fsp3) is 0.562. The van der Waals surface area contributed by atoms with Crippen molar-refractivity contribution < 1.29 is 4.79 Å². The van der Waals surface area contributed by atoms with Crippen LogP contribution in [0.3, 0.4) is 0 Å². The smallest absolute Gasteiger partial charge is 0.251 e. The van der Waals surface area contributed by atoms with E-state index in [9.17, 15) is 4.79 Å². The van der Waals surface area contributed by atoms with Gasteiger partial charge in [-0.1, -0.05) is 35.2 Å². The second-order valence-corrected chi connectivity index (χ2v) is 7.72. The lowest BCUT2D eigenvalue weighted by atomic mass is 9.88. The first kappa shape index (κ1) is 15.9. The standard InChI is InChI=1S/C16H22BrNOS/c1-12-10-13(6-7-14(12)17)15(19)18-11-16(20-2)8-4-3-5-9-16/h6-7,10H,3-5,8-9,11H2,1-2H3,(H,18,19). The Balaban J connectivity index is 1.98. The molecule has 110 valence electrons. The molecular formula is C16H22BrNOS. The van der Waals surface area contributed by atoms with Gasteiger partial charge in [0.2, 0.25) is 0 Å². The predicted molar refractivity (Wildman–Crippen MR) is 90.5 cm³/mol. The van der Waals surface area contributed by atoms with Crippen molar-refractivity contribution >= 4 is 33.6 Å². The van der Waals surface area contributed by atoms with Crippen LogP contribution in [0.2, 0.25) is 0 Å². The van der Waals surface area contributed by atoms with Crippen LogP contribution in [0.15, 0.2) is 22.7 Å². The Morgan fingerprint density at radius 3 is 2.65 bits per heavy atom. The fourth-order valence-electron chi connectivity index (χ4n) is 2.78. The molecule has 1 aliphatic carbocycles. The molecule has 0 atom stereocenters. The zero-order valence-corrected chi connectivity index (χ0v) is 14.6. The molecule has 1 saturated carbocycles. The van der Waals surface area contributed by atoms with Crippen LogP contribution in [0.25, 0.3) is 0 Å². The summed E-state index contributed by atoms with van der Waals surface area (Å²) in [7, 11) is 0. The lowest BCUT2D eigenvalue weighted by Crippen LogP contribution is -2.41. The molecule has 4 heteroatoms. The van der Waals surface area contributed by atoms with Gasteiger partial charge in [-0.15, -0.1) is 0 Å². The number of benzene rings is 1. The molecule has 0 heterocycles. The molecule has 1 aliphatic rings. The quantitative estimate of drug-likeness (QED) is 0.857. The first-order valence-electron chi connectivity index (χ1n) is 7.16. The Morgan fingerprint density at radius 1 is 1.35 bits per heavy atom. The Kier molecular flexibility index (Phi) is 5.56. The van der Waals surface area contributed by atoms with E-state index in [1.165, 1.54) is 32.1 Å². The Bertz CT molecular complexity index is 483. The minimum absolute atomic E-state index is 0.0413. The molecule has 0 saturated heterocycles. The van der Waals surface area contributed by atoms with E-state index in [0.29, 0.717) is 0 Å². The van der Waals surface area contributed by atoms with Gasteiger partial charge in [-0.3, -0.25) is 4.79 Å². The molecule has 0 bridgehead atoms. The summed E-state index contributed by atoms with van der Waals surface area (Å²) in [6.45, 7) is 2.79. The van der Waals surface area contributed by atoms with Gasteiger partial charge >= 0.3 is 0 Å². The van der Waals surface area contributed by atoms with E-state index >= 15 is 0 Å². The number of thioether (sulfide) groups is 1. The summed E-state index contributed by atoms with van der Waals surface area (Å²) < 4.78 is 1.29. The molecule has 2 nitrogen and oxygen atoms in total. The largest absolute Gasteiger partial charge is 0.351 e. The van der Waals surface area contributed by atoms with Crippen molar-refractivity contribution in [2.24, 2.45) is 0 Å². The Hall–Kier alpha value is -0.480. The molecule has 0 aliphatic heterocycles. The number of carbonyl (C=O) groups is 1. The van der Waals surface area contributed by atoms with Crippen LogP contribution in [-0.2, 0) is 0 Å². The number of hydrogen-bond donors (Lipinski definition) is 1. The first-order chi connectivity index (χ1) is 9.56. The number of hydrogen-bond acceptors (Lipinski definition) is 2. The van der Waals surface area contributed by atoms with E-state index in [1.54, 1.807) is 0 Å². The highest BCUT2D eigenvalue weighted by Gasteiger charge is 2.31. The van der Waals surface area contributed by atoms with E-state index in [0.717, 1.165) is 22.1 Å². The number of amides is 1. The van der Waals surface area contributed by atoms with Crippen LogP contribution in [-0.4, -0.2) is 23.5 Å². The molecule has 0 unspecified atom stereocenters. The summed E-state index contributed by atoms with van der Waals surface area (Å²) in [5.41, 5.74) is 1.84. The van der Waals surface area contributed by atoms with Crippen molar-refractivity contribution in [2.75, 3.05) is 12.8 Å². The number of rotatable bonds is 4. The lowest BCUT2D eigenvalue weighted by molar-refractivity contribution is 0.0947. The fourth-order valence-corrected chi connectivity index (χ4v) is 3.94. The van der Waals surface area contributed by atoms with Gasteiger partial charge < -0.3 is 5.32 Å². The third-order valence-electron chi connectivity index (χ3n) is 4.19. The minimum Gasteiger partial charge on any atom is -0.351 e. The average Bonchev–Trinajstić information content (AvgIpc) is 2.48. The molecule has 0 spiro atoms. The molecule has 2 rings (SSSR count). The van der Waals surface area contributed by atoms with E-state index in [1.807, 2.05) is 36.9 Å². The number of nitrogens with one attached hydrogen (secondary N) is 1. The number of halogens is 1. The summed E-state index contributed by atoms with van der Waals surface area (Å²) in [5, 5.41) is 3.13. The minimum atomic E-state index is 0.0413. The normalized spacial score (nSPS) is 17.8. The summed E-state index contributed by atoms with van der Waals surface area (Å²) in [4.78, 5) is 12.3. The van der Waals surface area contributed by atoms with Crippen molar-refractivity contribution in [3.8, 4) is 0 Å². The maximum Gasteiger partial charge on any atom is 0.251 e. The van der Waals surface area contributed by atoms with Crippen LogP contribution >= 0.6 is 27.7 Å².